The van der Waals surface area contributed by atoms with Gasteiger partial charge in [-0.15, -0.1) is 0 Å². The Morgan fingerprint density at radius 2 is 1.95 bits per heavy atom. The Labute approximate surface area is 118 Å². The van der Waals surface area contributed by atoms with E-state index in [-0.39, 0.29) is 11.9 Å². The molecule has 0 heterocycles. The molecule has 100 valence electrons. The number of rotatable bonds is 5. The lowest BCUT2D eigenvalue weighted by atomic mass is 10.1. The molecule has 0 bridgehead atoms. The third-order valence-corrected chi connectivity index (χ3v) is 3.34. The van der Waals surface area contributed by atoms with Crippen LogP contribution in [0.1, 0.15) is 24.1 Å². The highest BCUT2D eigenvalue weighted by Gasteiger charge is 2.05. The molecule has 1 nitrogen and oxygen atoms in total. The Kier molecular flexibility index (Phi) is 4.94. The molecule has 2 aromatic rings. The summed E-state index contributed by atoms with van der Waals surface area (Å²) in [5, 5.41) is 4.16. The van der Waals surface area contributed by atoms with Crippen LogP contribution in [0.3, 0.4) is 0 Å². The van der Waals surface area contributed by atoms with Crippen LogP contribution >= 0.6 is 11.6 Å². The van der Waals surface area contributed by atoms with Gasteiger partial charge in [0.05, 0.1) is 0 Å². The molecule has 0 spiro atoms. The summed E-state index contributed by atoms with van der Waals surface area (Å²) in [6, 6.07) is 14.8. The van der Waals surface area contributed by atoms with Gasteiger partial charge in [-0.1, -0.05) is 35.9 Å². The fourth-order valence-corrected chi connectivity index (χ4v) is 2.22. The Morgan fingerprint density at radius 1 is 1.16 bits per heavy atom. The summed E-state index contributed by atoms with van der Waals surface area (Å²) >= 11 is 5.97. The maximum absolute atomic E-state index is 13.0. The summed E-state index contributed by atoms with van der Waals surface area (Å²) in [5.74, 6) is -0.180. The van der Waals surface area contributed by atoms with E-state index in [1.807, 2.05) is 30.3 Å². The summed E-state index contributed by atoms with van der Waals surface area (Å²) < 4.78 is 13.0. The molecule has 0 fully saturated rings. The molecule has 0 aliphatic carbocycles. The third kappa shape index (κ3) is 4.34. The van der Waals surface area contributed by atoms with Crippen molar-refractivity contribution in [3.05, 3.63) is 70.5 Å². The summed E-state index contributed by atoms with van der Waals surface area (Å²) in [6.07, 6.45) is 0.808. The van der Waals surface area contributed by atoms with Gasteiger partial charge in [0.15, 0.2) is 0 Å². The fourth-order valence-electron chi connectivity index (χ4n) is 2.02. The number of hydrogen-bond acceptors (Lipinski definition) is 1. The Bertz CT molecular complexity index is 542. The summed E-state index contributed by atoms with van der Waals surface area (Å²) in [4.78, 5) is 0. The Morgan fingerprint density at radius 3 is 2.68 bits per heavy atom. The Balaban J connectivity index is 1.85. The van der Waals surface area contributed by atoms with Crippen LogP contribution in [0.25, 0.3) is 0 Å². The quantitative estimate of drug-likeness (QED) is 0.856. The van der Waals surface area contributed by atoms with Gasteiger partial charge in [0.2, 0.25) is 0 Å². The first-order valence-corrected chi connectivity index (χ1v) is 6.76. The zero-order chi connectivity index (χ0) is 13.7. The molecule has 2 rings (SSSR count). The van der Waals surface area contributed by atoms with Crippen molar-refractivity contribution in [1.82, 2.24) is 5.32 Å². The summed E-state index contributed by atoms with van der Waals surface area (Å²) in [5.41, 5.74) is 2.16. The fraction of sp³-hybridized carbons (Fsp3) is 0.250. The molecular weight excluding hydrogens is 261 g/mol. The lowest BCUT2D eigenvalue weighted by Gasteiger charge is -2.14. The molecule has 0 aliphatic rings. The van der Waals surface area contributed by atoms with E-state index >= 15 is 0 Å². The van der Waals surface area contributed by atoms with Gasteiger partial charge in [0.1, 0.15) is 5.82 Å². The molecule has 0 amide bonds. The zero-order valence-corrected chi connectivity index (χ0v) is 11.6. The van der Waals surface area contributed by atoms with Crippen molar-refractivity contribution in [2.45, 2.75) is 19.4 Å². The first kappa shape index (κ1) is 14.0. The molecule has 2 aromatic carbocycles. The molecule has 1 unspecified atom stereocenters. The van der Waals surface area contributed by atoms with E-state index in [2.05, 4.69) is 12.2 Å². The zero-order valence-electron chi connectivity index (χ0n) is 10.9. The van der Waals surface area contributed by atoms with Gasteiger partial charge in [0, 0.05) is 11.1 Å². The van der Waals surface area contributed by atoms with Gasteiger partial charge >= 0.3 is 0 Å². The van der Waals surface area contributed by atoms with Crippen molar-refractivity contribution in [2.24, 2.45) is 0 Å². The highest BCUT2D eigenvalue weighted by atomic mass is 35.5. The first-order chi connectivity index (χ1) is 9.15. The van der Waals surface area contributed by atoms with E-state index < -0.39 is 0 Å². The molecule has 0 radical (unpaired) electrons. The van der Waals surface area contributed by atoms with E-state index in [1.54, 1.807) is 12.1 Å². The van der Waals surface area contributed by atoms with Crippen LogP contribution in [0, 0.1) is 5.82 Å². The number of benzene rings is 2. The molecule has 3 heteroatoms. The van der Waals surface area contributed by atoms with Gasteiger partial charge < -0.3 is 5.32 Å². The topological polar surface area (TPSA) is 12.0 Å². The molecular formula is C16H17ClFN. The normalized spacial score (nSPS) is 12.4. The largest absolute Gasteiger partial charge is 0.310 e. The first-order valence-electron chi connectivity index (χ1n) is 6.38. The maximum atomic E-state index is 13.0. The molecule has 1 atom stereocenters. The molecule has 0 aliphatic heterocycles. The van der Waals surface area contributed by atoms with E-state index in [4.69, 9.17) is 11.6 Å². The molecule has 1 N–H and O–H groups in total. The number of halogens is 2. The minimum atomic E-state index is -0.180. The van der Waals surface area contributed by atoms with E-state index in [0.29, 0.717) is 0 Å². The average molecular weight is 278 g/mol. The number of nitrogens with one attached hydrogen (secondary N) is 1. The minimum Gasteiger partial charge on any atom is -0.310 e. The SMILES string of the molecule is CC(NCCc1cccc(F)c1)c1cccc(Cl)c1. The molecule has 0 aromatic heterocycles. The van der Waals surface area contributed by atoms with Crippen LogP contribution in [0.2, 0.25) is 5.02 Å². The van der Waals surface area contributed by atoms with Crippen molar-refractivity contribution in [3.8, 4) is 0 Å². The highest BCUT2D eigenvalue weighted by molar-refractivity contribution is 6.30. The Hall–Kier alpha value is -1.38. The third-order valence-electron chi connectivity index (χ3n) is 3.10. The standard InChI is InChI=1S/C16H17ClFN/c1-12(14-5-3-6-15(17)11-14)19-9-8-13-4-2-7-16(18)10-13/h2-7,10-12,19H,8-9H2,1H3. The molecule has 0 saturated carbocycles. The van der Waals surface area contributed by atoms with E-state index in [1.165, 1.54) is 6.07 Å². The van der Waals surface area contributed by atoms with Crippen molar-refractivity contribution in [2.75, 3.05) is 6.54 Å². The lowest BCUT2D eigenvalue weighted by molar-refractivity contribution is 0.574. The van der Waals surface area contributed by atoms with Crippen molar-refractivity contribution >= 4 is 11.6 Å². The van der Waals surface area contributed by atoms with Crippen LogP contribution in [-0.2, 0) is 6.42 Å². The second-order valence-electron chi connectivity index (χ2n) is 4.61. The van der Waals surface area contributed by atoms with Crippen molar-refractivity contribution in [3.63, 3.8) is 0 Å². The lowest BCUT2D eigenvalue weighted by Crippen LogP contribution is -2.21. The van der Waals surface area contributed by atoms with Gasteiger partial charge in [-0.2, -0.15) is 0 Å². The van der Waals surface area contributed by atoms with Gasteiger partial charge in [-0.3, -0.25) is 0 Å². The predicted molar refractivity (Wildman–Crippen MR) is 78.0 cm³/mol. The van der Waals surface area contributed by atoms with Crippen LogP contribution in [0.4, 0.5) is 4.39 Å². The van der Waals surface area contributed by atoms with Crippen molar-refractivity contribution in [1.29, 1.82) is 0 Å². The summed E-state index contributed by atoms with van der Waals surface area (Å²) in [7, 11) is 0. The summed E-state index contributed by atoms with van der Waals surface area (Å²) in [6.45, 7) is 2.90. The number of hydrogen-bond donors (Lipinski definition) is 1. The maximum Gasteiger partial charge on any atom is 0.123 e. The van der Waals surface area contributed by atoms with Crippen LogP contribution in [0.15, 0.2) is 48.5 Å². The van der Waals surface area contributed by atoms with Crippen LogP contribution in [-0.4, -0.2) is 6.54 Å². The van der Waals surface area contributed by atoms with Gasteiger partial charge in [0.25, 0.3) is 0 Å². The van der Waals surface area contributed by atoms with E-state index in [0.717, 1.165) is 29.1 Å². The second kappa shape index (κ2) is 6.69. The highest BCUT2D eigenvalue weighted by Crippen LogP contribution is 2.17. The molecule has 19 heavy (non-hydrogen) atoms. The van der Waals surface area contributed by atoms with Gasteiger partial charge in [-0.05, 0) is 55.3 Å². The second-order valence-corrected chi connectivity index (χ2v) is 5.05. The molecule has 0 saturated heterocycles. The van der Waals surface area contributed by atoms with Crippen LogP contribution < -0.4 is 5.32 Å². The predicted octanol–water partition coefficient (Wildman–Crippen LogP) is 4.37. The monoisotopic (exact) mass is 277 g/mol. The van der Waals surface area contributed by atoms with E-state index in [9.17, 15) is 4.39 Å². The van der Waals surface area contributed by atoms with Crippen LogP contribution in [0.5, 0.6) is 0 Å². The smallest absolute Gasteiger partial charge is 0.123 e. The average Bonchev–Trinajstić information content (AvgIpc) is 2.38. The van der Waals surface area contributed by atoms with Gasteiger partial charge in [-0.25, -0.2) is 4.39 Å². The van der Waals surface area contributed by atoms with Crippen molar-refractivity contribution < 1.29 is 4.39 Å². The minimum absolute atomic E-state index is 0.180.